The van der Waals surface area contributed by atoms with E-state index in [0.29, 0.717) is 6.08 Å². The number of rotatable bonds is 4. The maximum atomic E-state index is 10.9. The summed E-state index contributed by atoms with van der Waals surface area (Å²) in [5.41, 5.74) is 0.840. The molecule has 78 valence electrons. The van der Waals surface area contributed by atoms with Crippen LogP contribution >= 0.6 is 0 Å². The van der Waals surface area contributed by atoms with Crippen LogP contribution in [0.5, 0.6) is 0 Å². The lowest BCUT2D eigenvalue weighted by molar-refractivity contribution is -0.297. The maximum absolute atomic E-state index is 10.9. The molecule has 1 aromatic carbocycles. The molecule has 0 spiro atoms. The molecule has 0 radical (unpaired) electrons. The second-order valence-corrected chi connectivity index (χ2v) is 2.75. The molecule has 0 saturated heterocycles. The third kappa shape index (κ3) is 4.61. The van der Waals surface area contributed by atoms with Crippen LogP contribution in [0.15, 0.2) is 42.5 Å². The van der Waals surface area contributed by atoms with Gasteiger partial charge in [0.2, 0.25) is 0 Å². The summed E-state index contributed by atoms with van der Waals surface area (Å²) in [4.78, 5) is 20.9. The Bertz CT molecular complexity index is 367. The number of hydrogen-bond acceptors (Lipinski definition) is 4. The van der Waals surface area contributed by atoms with E-state index in [1.165, 1.54) is 0 Å². The van der Waals surface area contributed by atoms with Crippen LogP contribution in [0.2, 0.25) is 0 Å². The molecule has 0 aromatic heterocycles. The standard InChI is InChI=1S/C11H10O4/c12-10(13)6-7-11(14)15-8-9-4-2-1-3-5-9/h1-7H,8H2,(H,12,13)/p-1. The third-order valence-corrected chi connectivity index (χ3v) is 1.58. The number of carbonyl (C=O) groups excluding carboxylic acids is 2. The molecular formula is C11H9O4-. The fourth-order valence-corrected chi connectivity index (χ4v) is 0.913. The first-order valence-corrected chi connectivity index (χ1v) is 4.28. The molecule has 0 fully saturated rings. The predicted octanol–water partition coefficient (Wildman–Crippen LogP) is 0.0359. The highest BCUT2D eigenvalue weighted by atomic mass is 16.5. The van der Waals surface area contributed by atoms with Gasteiger partial charge in [-0.25, -0.2) is 4.79 Å². The van der Waals surface area contributed by atoms with Crippen molar-refractivity contribution < 1.29 is 19.4 Å². The predicted molar refractivity (Wildman–Crippen MR) is 50.4 cm³/mol. The molecule has 0 aliphatic heterocycles. The summed E-state index contributed by atoms with van der Waals surface area (Å²) in [6.45, 7) is 0.122. The summed E-state index contributed by atoms with van der Waals surface area (Å²) in [6, 6.07) is 9.09. The number of carbonyl (C=O) groups is 2. The Morgan fingerprint density at radius 3 is 2.47 bits per heavy atom. The number of carboxylic acid groups (broad SMARTS) is 1. The van der Waals surface area contributed by atoms with Gasteiger partial charge in [-0.15, -0.1) is 0 Å². The zero-order chi connectivity index (χ0) is 11.1. The number of benzene rings is 1. The first-order valence-electron chi connectivity index (χ1n) is 4.28. The molecule has 0 saturated carbocycles. The lowest BCUT2D eigenvalue weighted by Gasteiger charge is -2.01. The largest absolute Gasteiger partial charge is 0.545 e. The Morgan fingerprint density at radius 1 is 1.20 bits per heavy atom. The molecule has 0 unspecified atom stereocenters. The lowest BCUT2D eigenvalue weighted by atomic mass is 10.2. The zero-order valence-corrected chi connectivity index (χ0v) is 7.88. The second-order valence-electron chi connectivity index (χ2n) is 2.75. The first kappa shape index (κ1) is 11.0. The first-order chi connectivity index (χ1) is 7.18. The van der Waals surface area contributed by atoms with E-state index in [1.807, 2.05) is 18.2 Å². The number of carboxylic acids is 1. The highest BCUT2D eigenvalue weighted by Crippen LogP contribution is 2.00. The van der Waals surface area contributed by atoms with Crippen LogP contribution in [0.25, 0.3) is 0 Å². The minimum Gasteiger partial charge on any atom is -0.545 e. The fourth-order valence-electron chi connectivity index (χ4n) is 0.913. The Balaban J connectivity index is 2.38. The van der Waals surface area contributed by atoms with E-state index in [4.69, 9.17) is 4.74 Å². The molecule has 0 amide bonds. The molecule has 0 N–H and O–H groups in total. The van der Waals surface area contributed by atoms with E-state index in [9.17, 15) is 14.7 Å². The van der Waals surface area contributed by atoms with Crippen molar-refractivity contribution in [2.24, 2.45) is 0 Å². The summed E-state index contributed by atoms with van der Waals surface area (Å²) >= 11 is 0. The van der Waals surface area contributed by atoms with Gasteiger partial charge in [0.25, 0.3) is 0 Å². The van der Waals surface area contributed by atoms with Gasteiger partial charge in [-0.05, 0) is 11.6 Å². The van der Waals surface area contributed by atoms with Gasteiger partial charge in [-0.3, -0.25) is 0 Å². The van der Waals surface area contributed by atoms with Gasteiger partial charge in [0.05, 0.1) is 5.97 Å². The topological polar surface area (TPSA) is 66.4 Å². The second kappa shape index (κ2) is 5.59. The molecule has 1 rings (SSSR count). The van der Waals surface area contributed by atoms with Crippen LogP contribution in [0, 0.1) is 0 Å². The number of ether oxygens (including phenoxy) is 1. The molecule has 4 heteroatoms. The van der Waals surface area contributed by atoms with Crippen LogP contribution < -0.4 is 5.11 Å². The molecule has 0 bridgehead atoms. The van der Waals surface area contributed by atoms with E-state index < -0.39 is 11.9 Å². The maximum Gasteiger partial charge on any atom is 0.331 e. The van der Waals surface area contributed by atoms with Crippen LogP contribution in [-0.2, 0) is 20.9 Å². The molecule has 0 aliphatic rings. The Labute approximate surface area is 86.8 Å². The van der Waals surface area contributed by atoms with E-state index in [-0.39, 0.29) is 6.61 Å². The van der Waals surface area contributed by atoms with Crippen molar-refractivity contribution in [1.29, 1.82) is 0 Å². The smallest absolute Gasteiger partial charge is 0.331 e. The highest BCUT2D eigenvalue weighted by Gasteiger charge is 1.97. The van der Waals surface area contributed by atoms with Crippen LogP contribution in [0.1, 0.15) is 5.56 Å². The Morgan fingerprint density at radius 2 is 1.87 bits per heavy atom. The monoisotopic (exact) mass is 205 g/mol. The quantitative estimate of drug-likeness (QED) is 0.514. The van der Waals surface area contributed by atoms with E-state index in [1.54, 1.807) is 12.1 Å². The molecule has 0 atom stereocenters. The van der Waals surface area contributed by atoms with Crippen molar-refractivity contribution in [3.05, 3.63) is 48.0 Å². The van der Waals surface area contributed by atoms with Crippen molar-refractivity contribution in [2.75, 3.05) is 0 Å². The molecule has 0 heterocycles. The average molecular weight is 205 g/mol. The molecule has 1 aromatic rings. The minimum absolute atomic E-state index is 0.122. The van der Waals surface area contributed by atoms with E-state index in [2.05, 4.69) is 0 Å². The van der Waals surface area contributed by atoms with Gasteiger partial charge in [0.1, 0.15) is 6.61 Å². The Kier molecular flexibility index (Phi) is 4.09. The van der Waals surface area contributed by atoms with Crippen LogP contribution in [-0.4, -0.2) is 11.9 Å². The molecule has 0 aliphatic carbocycles. The summed E-state index contributed by atoms with van der Waals surface area (Å²) in [6.07, 6.45) is 1.45. The summed E-state index contributed by atoms with van der Waals surface area (Å²) in [5, 5.41) is 9.97. The van der Waals surface area contributed by atoms with Gasteiger partial charge in [-0.1, -0.05) is 30.3 Å². The van der Waals surface area contributed by atoms with E-state index in [0.717, 1.165) is 11.6 Å². The van der Waals surface area contributed by atoms with Gasteiger partial charge >= 0.3 is 5.97 Å². The number of hydrogen-bond donors (Lipinski definition) is 0. The molecule has 4 nitrogen and oxygen atoms in total. The molecular weight excluding hydrogens is 196 g/mol. The third-order valence-electron chi connectivity index (χ3n) is 1.58. The minimum atomic E-state index is -1.42. The normalized spacial score (nSPS) is 10.1. The van der Waals surface area contributed by atoms with Gasteiger partial charge in [0, 0.05) is 6.08 Å². The summed E-state index contributed by atoms with van der Waals surface area (Å²) in [5.74, 6) is -2.13. The van der Waals surface area contributed by atoms with Crippen LogP contribution in [0.3, 0.4) is 0 Å². The van der Waals surface area contributed by atoms with Crippen molar-refractivity contribution in [3.63, 3.8) is 0 Å². The average Bonchev–Trinajstić information content (AvgIpc) is 2.25. The Hall–Kier alpha value is -2.10. The van der Waals surface area contributed by atoms with Gasteiger partial charge in [0.15, 0.2) is 0 Å². The van der Waals surface area contributed by atoms with Crippen molar-refractivity contribution in [1.82, 2.24) is 0 Å². The number of esters is 1. The van der Waals surface area contributed by atoms with Gasteiger partial charge in [-0.2, -0.15) is 0 Å². The van der Waals surface area contributed by atoms with Crippen molar-refractivity contribution in [2.45, 2.75) is 6.61 Å². The SMILES string of the molecule is O=C([O-])C=CC(=O)OCc1ccccc1. The highest BCUT2D eigenvalue weighted by molar-refractivity contribution is 5.89. The number of aliphatic carboxylic acids is 1. The van der Waals surface area contributed by atoms with Crippen molar-refractivity contribution >= 4 is 11.9 Å². The van der Waals surface area contributed by atoms with Gasteiger partial charge < -0.3 is 14.6 Å². The lowest BCUT2D eigenvalue weighted by Crippen LogP contribution is -2.19. The van der Waals surface area contributed by atoms with Crippen LogP contribution in [0.4, 0.5) is 0 Å². The fraction of sp³-hybridized carbons (Fsp3) is 0.0909. The molecule has 15 heavy (non-hydrogen) atoms. The summed E-state index contributed by atoms with van der Waals surface area (Å²) < 4.78 is 4.76. The van der Waals surface area contributed by atoms with Crippen molar-refractivity contribution in [3.8, 4) is 0 Å². The zero-order valence-electron chi connectivity index (χ0n) is 7.88. The summed E-state index contributed by atoms with van der Waals surface area (Å²) in [7, 11) is 0. The van der Waals surface area contributed by atoms with E-state index >= 15 is 0 Å².